The van der Waals surface area contributed by atoms with Gasteiger partial charge in [0.2, 0.25) is 29.5 Å². The Kier molecular flexibility index (Phi) is 15.0. The van der Waals surface area contributed by atoms with Crippen LogP contribution in [0.2, 0.25) is 0 Å². The molecule has 2 aromatic rings. The second-order valence-corrected chi connectivity index (χ2v) is 11.9. The molecule has 0 aliphatic carbocycles. The highest BCUT2D eigenvalue weighted by Crippen LogP contribution is 2.19. The molecular weight excluding hydrogens is 602 g/mol. The number of anilines is 1. The third-order valence-corrected chi connectivity index (χ3v) is 7.93. The van der Waals surface area contributed by atoms with Crippen LogP contribution in [0.1, 0.15) is 76.3 Å². The molecule has 12 nitrogen and oxygen atoms in total. The highest BCUT2D eigenvalue weighted by atomic mass is 16.5. The predicted molar refractivity (Wildman–Crippen MR) is 176 cm³/mol. The van der Waals surface area contributed by atoms with Crippen LogP contribution in [0.4, 0.5) is 5.69 Å². The molecule has 5 amide bonds. The molecule has 1 aliphatic heterocycles. The van der Waals surface area contributed by atoms with Crippen molar-refractivity contribution in [2.45, 2.75) is 90.3 Å². The van der Waals surface area contributed by atoms with Gasteiger partial charge in [-0.05, 0) is 61.9 Å². The Morgan fingerprint density at radius 2 is 1.60 bits per heavy atom. The molecule has 0 bridgehead atoms. The molecule has 0 spiro atoms. The number of ether oxygens (including phenoxy) is 1. The number of imide groups is 1. The lowest BCUT2D eigenvalue weighted by molar-refractivity contribution is -0.142. The third kappa shape index (κ3) is 12.6. The van der Waals surface area contributed by atoms with Gasteiger partial charge >= 0.3 is 5.97 Å². The average Bonchev–Trinajstić information content (AvgIpc) is 3.29. The van der Waals surface area contributed by atoms with E-state index >= 15 is 0 Å². The van der Waals surface area contributed by atoms with Crippen molar-refractivity contribution in [1.29, 1.82) is 0 Å². The highest BCUT2D eigenvalue weighted by Gasteiger charge is 2.34. The van der Waals surface area contributed by atoms with Crippen molar-refractivity contribution >= 4 is 41.2 Å². The maximum Gasteiger partial charge on any atom is 0.302 e. The van der Waals surface area contributed by atoms with Crippen LogP contribution in [0.15, 0.2) is 54.6 Å². The van der Waals surface area contributed by atoms with Gasteiger partial charge in [0.15, 0.2) is 0 Å². The smallest absolute Gasteiger partial charge is 0.302 e. The first kappa shape index (κ1) is 36.9. The molecule has 3 rings (SSSR count). The Morgan fingerprint density at radius 3 is 2.23 bits per heavy atom. The fraction of sp³-hybridized carbons (Fsp3) is 0.486. The summed E-state index contributed by atoms with van der Waals surface area (Å²) in [4.78, 5) is 76.4. The number of carbonyl (C=O) groups excluding carboxylic acids is 6. The summed E-state index contributed by atoms with van der Waals surface area (Å²) < 4.78 is 5.00. The van der Waals surface area contributed by atoms with Crippen LogP contribution < -0.4 is 21.7 Å². The van der Waals surface area contributed by atoms with Gasteiger partial charge in [0, 0.05) is 44.3 Å². The summed E-state index contributed by atoms with van der Waals surface area (Å²) in [6.45, 7) is 3.99. The van der Waals surface area contributed by atoms with Crippen LogP contribution in [0.25, 0.3) is 0 Å². The molecule has 1 aliphatic rings. The van der Waals surface area contributed by atoms with Gasteiger partial charge in [-0.1, -0.05) is 55.8 Å². The first-order valence-corrected chi connectivity index (χ1v) is 16.3. The van der Waals surface area contributed by atoms with Crippen molar-refractivity contribution in [3.8, 4) is 0 Å². The lowest BCUT2D eigenvalue weighted by Crippen LogP contribution is -2.53. The van der Waals surface area contributed by atoms with Gasteiger partial charge in [0.05, 0.1) is 0 Å². The van der Waals surface area contributed by atoms with E-state index in [0.29, 0.717) is 57.3 Å². The Labute approximate surface area is 276 Å². The van der Waals surface area contributed by atoms with Crippen LogP contribution >= 0.6 is 0 Å². The number of rotatable bonds is 19. The van der Waals surface area contributed by atoms with Crippen LogP contribution in [-0.2, 0) is 46.5 Å². The number of hydrogen-bond acceptors (Lipinski definition) is 8. The number of nitrogens with two attached hydrogens (primary N) is 1. The number of likely N-dealkylation sites (tertiary alicyclic amines) is 1. The largest absolute Gasteiger partial charge is 0.461 e. The monoisotopic (exact) mass is 649 g/mol. The normalized spacial score (nSPS) is 15.6. The fourth-order valence-electron chi connectivity index (χ4n) is 5.27. The van der Waals surface area contributed by atoms with Gasteiger partial charge < -0.3 is 26.4 Å². The Bertz CT molecular complexity index is 1370. The lowest BCUT2D eigenvalue weighted by Gasteiger charge is -2.23. The first-order chi connectivity index (χ1) is 22.6. The zero-order valence-corrected chi connectivity index (χ0v) is 27.3. The number of carbonyl (C=O) groups is 6. The maximum absolute atomic E-state index is 13.6. The minimum Gasteiger partial charge on any atom is -0.461 e. The summed E-state index contributed by atoms with van der Waals surface area (Å²) in [6.07, 6.45) is 4.05. The van der Waals surface area contributed by atoms with Gasteiger partial charge in [-0.2, -0.15) is 0 Å². The van der Waals surface area contributed by atoms with E-state index in [9.17, 15) is 28.8 Å². The van der Waals surface area contributed by atoms with E-state index < -0.39 is 23.9 Å². The number of nitrogens with zero attached hydrogens (tertiary/aromatic N) is 1. The Hall–Kier alpha value is -4.58. The summed E-state index contributed by atoms with van der Waals surface area (Å²) in [7, 11) is 0. The highest BCUT2D eigenvalue weighted by molar-refractivity contribution is 6.03. The molecule has 3 atom stereocenters. The number of unbranched alkanes of at least 4 members (excludes halogenated alkanes) is 3. The average molecular weight is 650 g/mol. The van der Waals surface area contributed by atoms with E-state index in [-0.39, 0.29) is 55.5 Å². The van der Waals surface area contributed by atoms with Crippen molar-refractivity contribution < 1.29 is 33.5 Å². The number of benzene rings is 2. The molecule has 0 aromatic heterocycles. The molecule has 5 N–H and O–H groups in total. The van der Waals surface area contributed by atoms with Crippen molar-refractivity contribution in [2.24, 2.45) is 11.7 Å². The summed E-state index contributed by atoms with van der Waals surface area (Å²) in [5, 5.41) is 8.54. The molecule has 254 valence electrons. The van der Waals surface area contributed by atoms with Gasteiger partial charge in [-0.25, -0.2) is 0 Å². The molecule has 12 heteroatoms. The predicted octanol–water partition coefficient (Wildman–Crippen LogP) is 2.98. The van der Waals surface area contributed by atoms with Crippen molar-refractivity contribution in [2.75, 3.05) is 18.4 Å². The molecule has 1 fully saturated rings. The van der Waals surface area contributed by atoms with E-state index in [1.54, 1.807) is 31.2 Å². The summed E-state index contributed by atoms with van der Waals surface area (Å²) in [5.74, 6) is -2.16. The van der Waals surface area contributed by atoms with Gasteiger partial charge in [0.25, 0.3) is 0 Å². The fourth-order valence-corrected chi connectivity index (χ4v) is 5.27. The lowest BCUT2D eigenvalue weighted by atomic mass is 10.0. The molecule has 47 heavy (non-hydrogen) atoms. The van der Waals surface area contributed by atoms with E-state index in [4.69, 9.17) is 10.5 Å². The standard InChI is InChI=1S/C35H47N5O7/c1-24-21-32(43)40(35(24)46)20-10-4-7-14-31(42)38-30(22-26-11-5-3-6-12-26)34(45)39-29(13-8-9-19-36)33(44)37-28-17-15-27(16-18-28)23-47-25(2)41/h3,5-6,11-12,15-18,24,29-30H,4,7-10,13-14,19-23,36H2,1-2H3,(H,37,44)(H,38,42)(H,39,45)/t24?,29-,30-/m0/s1. The van der Waals surface area contributed by atoms with Crippen molar-refractivity contribution in [1.82, 2.24) is 15.5 Å². The maximum atomic E-state index is 13.6. The van der Waals surface area contributed by atoms with Crippen molar-refractivity contribution in [3.63, 3.8) is 0 Å². The summed E-state index contributed by atoms with van der Waals surface area (Å²) in [5.41, 5.74) is 7.80. The Balaban J connectivity index is 1.60. The second kappa shape index (κ2) is 19.2. The molecule has 1 saturated heterocycles. The SMILES string of the molecule is CC(=O)OCc1ccc(NC(=O)[C@H](CCCCN)NC(=O)[C@H](Cc2ccccc2)NC(=O)CCCCCN2C(=O)CC(C)C2=O)cc1. The minimum atomic E-state index is -0.920. The number of hydrogen-bond donors (Lipinski definition) is 4. The van der Waals surface area contributed by atoms with E-state index in [2.05, 4.69) is 16.0 Å². The third-order valence-electron chi connectivity index (χ3n) is 7.93. The molecular formula is C35H47N5O7. The van der Waals surface area contributed by atoms with Crippen LogP contribution in [0, 0.1) is 5.92 Å². The summed E-state index contributed by atoms with van der Waals surface area (Å²) >= 11 is 0. The second-order valence-electron chi connectivity index (χ2n) is 11.9. The number of amides is 5. The van der Waals surface area contributed by atoms with Gasteiger partial charge in [-0.3, -0.25) is 33.7 Å². The molecule has 1 unspecified atom stereocenters. The topological polar surface area (TPSA) is 177 Å². The van der Waals surface area contributed by atoms with Crippen molar-refractivity contribution in [3.05, 3.63) is 65.7 Å². The molecule has 1 heterocycles. The van der Waals surface area contributed by atoms with Crippen LogP contribution in [0.5, 0.6) is 0 Å². The van der Waals surface area contributed by atoms with Crippen LogP contribution in [0.3, 0.4) is 0 Å². The molecule has 0 radical (unpaired) electrons. The van der Waals surface area contributed by atoms with E-state index in [1.165, 1.54) is 11.8 Å². The quantitative estimate of drug-likeness (QED) is 0.102. The zero-order chi connectivity index (χ0) is 34.2. The Morgan fingerprint density at radius 1 is 0.872 bits per heavy atom. The number of esters is 1. The van der Waals surface area contributed by atoms with E-state index in [0.717, 1.165) is 11.1 Å². The van der Waals surface area contributed by atoms with E-state index in [1.807, 2.05) is 30.3 Å². The van der Waals surface area contributed by atoms with Crippen LogP contribution in [-0.4, -0.2) is 65.6 Å². The first-order valence-electron chi connectivity index (χ1n) is 16.3. The molecule has 0 saturated carbocycles. The van der Waals surface area contributed by atoms with Gasteiger partial charge in [0.1, 0.15) is 18.7 Å². The molecule has 2 aromatic carbocycles. The zero-order valence-electron chi connectivity index (χ0n) is 27.3. The summed E-state index contributed by atoms with van der Waals surface area (Å²) in [6, 6.07) is 14.4. The minimum absolute atomic E-state index is 0.121. The van der Waals surface area contributed by atoms with Gasteiger partial charge in [-0.15, -0.1) is 0 Å². The number of nitrogens with one attached hydrogen (secondary N) is 3.